The van der Waals surface area contributed by atoms with E-state index < -0.39 is 0 Å². The quantitative estimate of drug-likeness (QED) is 0.187. The molecule has 0 bridgehead atoms. The molecule has 7 aromatic rings. The molecule has 0 amide bonds. The highest BCUT2D eigenvalue weighted by atomic mass is 16.3. The summed E-state index contributed by atoms with van der Waals surface area (Å²) in [7, 11) is 0. The summed E-state index contributed by atoms with van der Waals surface area (Å²) >= 11 is 0. The van der Waals surface area contributed by atoms with Crippen molar-refractivity contribution in [3.05, 3.63) is 167 Å². The number of nitrogens with zero attached hydrogens (tertiary/aromatic N) is 1. The Morgan fingerprint density at radius 3 is 2.54 bits per heavy atom. The Hall–Kier alpha value is -5.60. The van der Waals surface area contributed by atoms with Crippen LogP contribution in [0, 0.1) is 0 Å². The summed E-state index contributed by atoms with van der Waals surface area (Å²) in [6, 6.07) is 39.9. The third-order valence-corrected chi connectivity index (χ3v) is 10.5. The molecule has 0 aliphatic heterocycles. The maximum absolute atomic E-state index is 6.40. The van der Waals surface area contributed by atoms with Crippen LogP contribution >= 0.6 is 0 Å². The SMILES string of the molecule is C=Cc1c(/C(=C\C)c2cccc(-c3ccc(-n4c5c(c6c7c(ccc64)C(C)CC=C7)-c4ccccc4CC5)cc3)c2)oc2ccccc12. The van der Waals surface area contributed by atoms with E-state index >= 15 is 0 Å². The van der Waals surface area contributed by atoms with Crippen LogP contribution in [-0.2, 0) is 12.8 Å². The Labute approximate surface area is 282 Å². The Balaban J connectivity index is 1.15. The van der Waals surface area contributed by atoms with Crippen LogP contribution in [0.5, 0.6) is 0 Å². The Morgan fingerprint density at radius 1 is 0.854 bits per heavy atom. The van der Waals surface area contributed by atoms with Gasteiger partial charge in [-0.25, -0.2) is 0 Å². The van der Waals surface area contributed by atoms with Gasteiger partial charge in [-0.1, -0.05) is 117 Å². The second kappa shape index (κ2) is 11.3. The number of hydrogen-bond donors (Lipinski definition) is 0. The fourth-order valence-corrected chi connectivity index (χ4v) is 8.22. The van der Waals surface area contributed by atoms with Gasteiger partial charge in [-0.2, -0.15) is 0 Å². The molecule has 48 heavy (non-hydrogen) atoms. The number of rotatable bonds is 5. The van der Waals surface area contributed by atoms with E-state index in [9.17, 15) is 0 Å². The maximum atomic E-state index is 6.40. The minimum absolute atomic E-state index is 0.528. The van der Waals surface area contributed by atoms with E-state index in [1.807, 2.05) is 24.3 Å². The predicted molar refractivity (Wildman–Crippen MR) is 203 cm³/mol. The molecule has 2 heterocycles. The number of hydrogen-bond acceptors (Lipinski definition) is 1. The van der Waals surface area contributed by atoms with Crippen LogP contribution < -0.4 is 0 Å². The van der Waals surface area contributed by atoms with E-state index in [0.29, 0.717) is 5.92 Å². The molecular weight excluding hydrogens is 583 g/mol. The van der Waals surface area contributed by atoms with Crippen LogP contribution in [0.2, 0.25) is 0 Å². The molecule has 0 radical (unpaired) electrons. The Morgan fingerprint density at radius 2 is 1.69 bits per heavy atom. The maximum Gasteiger partial charge on any atom is 0.142 e. The molecule has 2 aliphatic carbocycles. The van der Waals surface area contributed by atoms with E-state index in [1.165, 1.54) is 61.2 Å². The van der Waals surface area contributed by atoms with Gasteiger partial charge in [0.15, 0.2) is 0 Å². The Kier molecular flexibility index (Phi) is 6.72. The Bertz CT molecular complexity index is 2460. The summed E-state index contributed by atoms with van der Waals surface area (Å²) in [5, 5.41) is 2.49. The monoisotopic (exact) mass is 619 g/mol. The number of aryl methyl sites for hydroxylation is 1. The van der Waals surface area contributed by atoms with Gasteiger partial charge < -0.3 is 8.98 Å². The summed E-state index contributed by atoms with van der Waals surface area (Å²) in [6.45, 7) is 8.54. The summed E-state index contributed by atoms with van der Waals surface area (Å²) in [6.07, 6.45) is 12.0. The first-order valence-electron chi connectivity index (χ1n) is 17.1. The van der Waals surface area contributed by atoms with Gasteiger partial charge in [0.1, 0.15) is 11.3 Å². The molecule has 2 aliphatic rings. The topological polar surface area (TPSA) is 18.1 Å². The highest BCUT2D eigenvalue weighted by molar-refractivity contribution is 6.06. The van der Waals surface area contributed by atoms with Crippen molar-refractivity contribution in [3.63, 3.8) is 0 Å². The van der Waals surface area contributed by atoms with Gasteiger partial charge in [-0.15, -0.1) is 0 Å². The van der Waals surface area contributed by atoms with Crippen molar-refractivity contribution in [1.82, 2.24) is 4.57 Å². The molecule has 9 rings (SSSR count). The first-order chi connectivity index (χ1) is 23.6. The minimum Gasteiger partial charge on any atom is -0.455 e. The average Bonchev–Trinajstić information content (AvgIpc) is 3.68. The molecule has 2 nitrogen and oxygen atoms in total. The van der Waals surface area contributed by atoms with E-state index in [1.54, 1.807) is 0 Å². The van der Waals surface area contributed by atoms with Crippen molar-refractivity contribution in [1.29, 1.82) is 0 Å². The van der Waals surface area contributed by atoms with Crippen LogP contribution in [-0.4, -0.2) is 4.57 Å². The summed E-state index contributed by atoms with van der Waals surface area (Å²) in [5.41, 5.74) is 17.5. The number of aromatic nitrogens is 1. The second-order valence-corrected chi connectivity index (χ2v) is 13.2. The molecular formula is C46H37NO. The molecule has 2 aromatic heterocycles. The van der Waals surface area contributed by atoms with Gasteiger partial charge in [0.05, 0.1) is 5.52 Å². The zero-order valence-electron chi connectivity index (χ0n) is 27.5. The molecule has 0 saturated carbocycles. The molecule has 1 unspecified atom stereocenters. The van der Waals surface area contributed by atoms with Gasteiger partial charge in [0, 0.05) is 38.9 Å². The van der Waals surface area contributed by atoms with E-state index in [-0.39, 0.29) is 0 Å². The number of para-hydroxylation sites is 1. The molecule has 0 N–H and O–H groups in total. The predicted octanol–water partition coefficient (Wildman–Crippen LogP) is 12.4. The third kappa shape index (κ3) is 4.33. The smallest absolute Gasteiger partial charge is 0.142 e. The van der Waals surface area contributed by atoms with Gasteiger partial charge in [-0.05, 0) is 101 Å². The zero-order valence-corrected chi connectivity index (χ0v) is 27.5. The summed E-state index contributed by atoms with van der Waals surface area (Å²) in [4.78, 5) is 0. The van der Waals surface area contributed by atoms with Crippen molar-refractivity contribution in [2.75, 3.05) is 0 Å². The first-order valence-corrected chi connectivity index (χ1v) is 17.1. The number of benzene rings is 5. The van der Waals surface area contributed by atoms with Crippen molar-refractivity contribution in [2.45, 2.75) is 39.0 Å². The lowest BCUT2D eigenvalue weighted by Crippen LogP contribution is -2.08. The van der Waals surface area contributed by atoms with E-state index in [0.717, 1.165) is 52.7 Å². The van der Waals surface area contributed by atoms with Gasteiger partial charge in [0.2, 0.25) is 0 Å². The zero-order chi connectivity index (χ0) is 32.4. The van der Waals surface area contributed by atoms with Crippen molar-refractivity contribution < 1.29 is 4.42 Å². The fraction of sp³-hybridized carbons (Fsp3) is 0.130. The molecule has 0 spiro atoms. The normalized spacial score (nSPS) is 15.4. The molecule has 0 saturated heterocycles. The van der Waals surface area contributed by atoms with Crippen LogP contribution in [0.3, 0.4) is 0 Å². The summed E-state index contributed by atoms with van der Waals surface area (Å²) < 4.78 is 8.93. The molecule has 2 heteroatoms. The second-order valence-electron chi connectivity index (χ2n) is 13.2. The summed E-state index contributed by atoms with van der Waals surface area (Å²) in [5.74, 6) is 1.39. The molecule has 232 valence electrons. The minimum atomic E-state index is 0.528. The van der Waals surface area contributed by atoms with Crippen LogP contribution in [0.25, 0.3) is 67.5 Å². The molecule has 0 fully saturated rings. The van der Waals surface area contributed by atoms with E-state index in [4.69, 9.17) is 4.42 Å². The lowest BCUT2D eigenvalue weighted by Gasteiger charge is -2.21. The number of furan rings is 1. The lowest BCUT2D eigenvalue weighted by atomic mass is 9.82. The van der Waals surface area contributed by atoms with Crippen molar-refractivity contribution in [3.8, 4) is 27.9 Å². The largest absolute Gasteiger partial charge is 0.455 e. The molecule has 5 aromatic carbocycles. The number of fused-ring (bicyclic) bond motifs is 8. The highest BCUT2D eigenvalue weighted by Gasteiger charge is 2.28. The van der Waals surface area contributed by atoms with Crippen molar-refractivity contribution >= 4 is 39.6 Å². The molecule has 1 atom stereocenters. The first kappa shape index (κ1) is 28.6. The van der Waals surface area contributed by atoms with Crippen LogP contribution in [0.1, 0.15) is 65.5 Å². The average molecular weight is 620 g/mol. The lowest BCUT2D eigenvalue weighted by molar-refractivity contribution is 0.599. The van der Waals surface area contributed by atoms with Crippen molar-refractivity contribution in [2.24, 2.45) is 0 Å². The fourth-order valence-electron chi connectivity index (χ4n) is 8.22. The standard InChI is InChI=1S/C46H37NO/c1-4-35(46-36(5-2)39-17-8-9-19-43(39)48-46)33-15-11-14-32(28-33)30-20-23-34(24-21-30)47-41-26-22-31-13-6-7-16-38(31)44(41)45-40-18-10-12-29(3)37(40)25-27-42(45)47/h4-11,13-21,23-25,27-29H,2,12,22,26H2,1,3H3/b35-4-. The van der Waals surface area contributed by atoms with Gasteiger partial charge in [-0.3, -0.25) is 0 Å². The third-order valence-electron chi connectivity index (χ3n) is 10.5. The van der Waals surface area contributed by atoms with Crippen LogP contribution in [0.15, 0.2) is 132 Å². The highest BCUT2D eigenvalue weighted by Crippen LogP contribution is 2.47. The van der Waals surface area contributed by atoms with Crippen LogP contribution in [0.4, 0.5) is 0 Å². The van der Waals surface area contributed by atoms with Gasteiger partial charge in [0.25, 0.3) is 0 Å². The van der Waals surface area contributed by atoms with E-state index in [2.05, 4.69) is 134 Å². The van der Waals surface area contributed by atoms with Gasteiger partial charge >= 0.3 is 0 Å². The number of allylic oxidation sites excluding steroid dienone is 2.